The van der Waals surface area contributed by atoms with Gasteiger partial charge in [-0.05, 0) is 51.4 Å². The van der Waals surface area contributed by atoms with Crippen molar-refractivity contribution in [2.75, 3.05) is 6.54 Å². The van der Waals surface area contributed by atoms with E-state index in [9.17, 15) is 0 Å². The van der Waals surface area contributed by atoms with Crippen LogP contribution >= 0.6 is 0 Å². The first-order valence-corrected chi connectivity index (χ1v) is 7.80. The molecule has 21 heavy (non-hydrogen) atoms. The Kier molecular flexibility index (Phi) is 5.51. The molecule has 0 aromatic carbocycles. The van der Waals surface area contributed by atoms with Crippen molar-refractivity contribution >= 4 is 0 Å². The van der Waals surface area contributed by atoms with E-state index in [1.165, 1.54) is 5.56 Å². The van der Waals surface area contributed by atoms with Gasteiger partial charge in [0.2, 0.25) is 0 Å². The van der Waals surface area contributed by atoms with Crippen LogP contribution in [0.3, 0.4) is 0 Å². The van der Waals surface area contributed by atoms with Crippen molar-refractivity contribution in [3.05, 3.63) is 47.5 Å². The molecule has 0 fully saturated rings. The average molecular weight is 286 g/mol. The fourth-order valence-electron chi connectivity index (χ4n) is 2.46. The van der Waals surface area contributed by atoms with Crippen LogP contribution in [0.4, 0.5) is 0 Å². The van der Waals surface area contributed by atoms with Gasteiger partial charge in [-0.3, -0.25) is 9.67 Å². The Morgan fingerprint density at radius 3 is 2.71 bits per heavy atom. The zero-order chi connectivity index (χ0) is 15.2. The Balaban J connectivity index is 2.18. The molecule has 1 atom stereocenters. The summed E-state index contributed by atoms with van der Waals surface area (Å²) >= 11 is 0. The average Bonchev–Trinajstić information content (AvgIpc) is 2.93. The fourth-order valence-corrected chi connectivity index (χ4v) is 2.46. The van der Waals surface area contributed by atoms with Crippen molar-refractivity contribution < 1.29 is 0 Å². The molecule has 0 saturated heterocycles. The SMILES string of the molecule is CCCNC(Cc1ccn(C(C)C)n1)c1cccnc1C. The number of aryl methyl sites for hydroxylation is 1. The second-order valence-electron chi connectivity index (χ2n) is 5.77. The first-order chi connectivity index (χ1) is 10.1. The molecule has 0 saturated carbocycles. The smallest absolute Gasteiger partial charge is 0.0643 e. The van der Waals surface area contributed by atoms with Crippen molar-refractivity contribution in [1.82, 2.24) is 20.1 Å². The number of nitrogens with zero attached hydrogens (tertiary/aromatic N) is 3. The highest BCUT2D eigenvalue weighted by Crippen LogP contribution is 2.20. The molecule has 1 unspecified atom stereocenters. The second kappa shape index (κ2) is 7.36. The van der Waals surface area contributed by atoms with Gasteiger partial charge in [0.25, 0.3) is 0 Å². The van der Waals surface area contributed by atoms with E-state index in [1.54, 1.807) is 0 Å². The molecule has 114 valence electrons. The Bertz CT molecular complexity index is 559. The summed E-state index contributed by atoms with van der Waals surface area (Å²) in [5.74, 6) is 0. The maximum atomic E-state index is 4.67. The van der Waals surface area contributed by atoms with E-state index in [4.69, 9.17) is 0 Å². The second-order valence-corrected chi connectivity index (χ2v) is 5.77. The molecule has 2 aromatic rings. The van der Waals surface area contributed by atoms with Gasteiger partial charge in [-0.2, -0.15) is 5.10 Å². The maximum Gasteiger partial charge on any atom is 0.0643 e. The van der Waals surface area contributed by atoms with E-state index in [1.807, 2.05) is 16.9 Å². The van der Waals surface area contributed by atoms with Gasteiger partial charge in [-0.15, -0.1) is 0 Å². The molecule has 2 rings (SSSR count). The largest absolute Gasteiger partial charge is 0.310 e. The summed E-state index contributed by atoms with van der Waals surface area (Å²) < 4.78 is 2.02. The highest BCUT2D eigenvalue weighted by atomic mass is 15.3. The first-order valence-electron chi connectivity index (χ1n) is 7.80. The van der Waals surface area contributed by atoms with Crippen molar-refractivity contribution in [3.8, 4) is 0 Å². The number of hydrogen-bond donors (Lipinski definition) is 1. The van der Waals surface area contributed by atoms with Gasteiger partial charge in [-0.25, -0.2) is 0 Å². The van der Waals surface area contributed by atoms with Crippen LogP contribution in [0.5, 0.6) is 0 Å². The van der Waals surface area contributed by atoms with Crippen molar-refractivity contribution in [2.24, 2.45) is 0 Å². The van der Waals surface area contributed by atoms with Crippen LogP contribution in [-0.2, 0) is 6.42 Å². The molecule has 0 amide bonds. The van der Waals surface area contributed by atoms with Gasteiger partial charge >= 0.3 is 0 Å². The highest BCUT2D eigenvalue weighted by molar-refractivity contribution is 5.24. The Morgan fingerprint density at radius 2 is 2.10 bits per heavy atom. The van der Waals surface area contributed by atoms with Crippen LogP contribution in [-0.4, -0.2) is 21.3 Å². The van der Waals surface area contributed by atoms with E-state index < -0.39 is 0 Å². The van der Waals surface area contributed by atoms with E-state index >= 15 is 0 Å². The molecule has 0 radical (unpaired) electrons. The lowest BCUT2D eigenvalue weighted by atomic mass is 10.0. The van der Waals surface area contributed by atoms with Crippen LogP contribution in [0.1, 0.15) is 56.2 Å². The van der Waals surface area contributed by atoms with Gasteiger partial charge in [0.1, 0.15) is 0 Å². The summed E-state index contributed by atoms with van der Waals surface area (Å²) in [6.07, 6.45) is 5.93. The highest BCUT2D eigenvalue weighted by Gasteiger charge is 2.16. The van der Waals surface area contributed by atoms with Crippen molar-refractivity contribution in [1.29, 1.82) is 0 Å². The van der Waals surface area contributed by atoms with Gasteiger partial charge in [0, 0.05) is 36.6 Å². The summed E-state index contributed by atoms with van der Waals surface area (Å²) in [6.45, 7) is 9.56. The van der Waals surface area contributed by atoms with Crippen LogP contribution in [0, 0.1) is 6.92 Å². The molecule has 2 heterocycles. The predicted molar refractivity (Wildman–Crippen MR) is 86.3 cm³/mol. The minimum absolute atomic E-state index is 0.272. The van der Waals surface area contributed by atoms with Gasteiger partial charge in [0.05, 0.1) is 5.69 Å². The molecule has 0 bridgehead atoms. The third kappa shape index (κ3) is 4.14. The Labute approximate surface area is 127 Å². The summed E-state index contributed by atoms with van der Waals surface area (Å²) in [4.78, 5) is 4.42. The van der Waals surface area contributed by atoms with E-state index in [0.29, 0.717) is 6.04 Å². The summed E-state index contributed by atoms with van der Waals surface area (Å²) in [5.41, 5.74) is 3.49. The molecule has 4 nitrogen and oxygen atoms in total. The summed E-state index contributed by atoms with van der Waals surface area (Å²) in [6, 6.07) is 6.96. The summed E-state index contributed by atoms with van der Waals surface area (Å²) in [7, 11) is 0. The standard InChI is InChI=1S/C17H26N4/c1-5-9-19-17(16-7-6-10-18-14(16)4)12-15-8-11-21(20-15)13(2)3/h6-8,10-11,13,17,19H,5,9,12H2,1-4H3. The summed E-state index contributed by atoms with van der Waals surface area (Å²) in [5, 5.41) is 8.29. The van der Waals surface area contributed by atoms with Crippen LogP contribution in [0.25, 0.3) is 0 Å². The van der Waals surface area contributed by atoms with E-state index in [2.05, 4.69) is 61.4 Å². The molecule has 0 aliphatic heterocycles. The number of aromatic nitrogens is 3. The van der Waals surface area contributed by atoms with Crippen molar-refractivity contribution in [2.45, 2.75) is 52.6 Å². The third-order valence-corrected chi connectivity index (χ3v) is 3.67. The van der Waals surface area contributed by atoms with Gasteiger partial charge in [-0.1, -0.05) is 13.0 Å². The fraction of sp³-hybridized carbons (Fsp3) is 0.529. The molecular formula is C17H26N4. The quantitative estimate of drug-likeness (QED) is 0.847. The van der Waals surface area contributed by atoms with Crippen molar-refractivity contribution in [3.63, 3.8) is 0 Å². The van der Waals surface area contributed by atoms with Crippen LogP contribution < -0.4 is 5.32 Å². The molecule has 1 N–H and O–H groups in total. The molecule has 2 aromatic heterocycles. The minimum atomic E-state index is 0.272. The molecule has 4 heteroatoms. The van der Waals surface area contributed by atoms with Gasteiger partial charge < -0.3 is 5.32 Å². The zero-order valence-electron chi connectivity index (χ0n) is 13.5. The monoisotopic (exact) mass is 286 g/mol. The van der Waals surface area contributed by atoms with Crippen LogP contribution in [0.2, 0.25) is 0 Å². The number of rotatable bonds is 7. The normalized spacial score (nSPS) is 12.8. The predicted octanol–water partition coefficient (Wildman–Crippen LogP) is 3.45. The lowest BCUT2D eigenvalue weighted by Gasteiger charge is -2.19. The molecule has 0 aliphatic rings. The first kappa shape index (κ1) is 15.7. The minimum Gasteiger partial charge on any atom is -0.310 e. The third-order valence-electron chi connectivity index (χ3n) is 3.67. The van der Waals surface area contributed by atoms with E-state index in [0.717, 1.165) is 30.8 Å². The van der Waals surface area contributed by atoms with Gasteiger partial charge in [0.15, 0.2) is 0 Å². The lowest BCUT2D eigenvalue weighted by molar-refractivity contribution is 0.497. The maximum absolute atomic E-state index is 4.67. The molecule has 0 aliphatic carbocycles. The molecular weight excluding hydrogens is 260 g/mol. The lowest BCUT2D eigenvalue weighted by Crippen LogP contribution is -2.25. The Morgan fingerprint density at radius 1 is 1.29 bits per heavy atom. The topological polar surface area (TPSA) is 42.7 Å². The zero-order valence-corrected chi connectivity index (χ0v) is 13.5. The number of nitrogens with one attached hydrogen (secondary N) is 1. The Hall–Kier alpha value is -1.68. The molecule has 0 spiro atoms. The van der Waals surface area contributed by atoms with E-state index in [-0.39, 0.29) is 6.04 Å². The number of pyridine rings is 1. The van der Waals surface area contributed by atoms with Crippen LogP contribution in [0.15, 0.2) is 30.6 Å². The number of hydrogen-bond acceptors (Lipinski definition) is 3.